The average Bonchev–Trinajstić information content (AvgIpc) is 3.07. The van der Waals surface area contributed by atoms with Crippen molar-refractivity contribution in [2.24, 2.45) is 0 Å². The van der Waals surface area contributed by atoms with Crippen LogP contribution in [-0.2, 0) is 13.0 Å². The Morgan fingerprint density at radius 1 is 1.00 bits per heavy atom. The lowest BCUT2D eigenvalue weighted by Crippen LogP contribution is -2.36. The fourth-order valence-electron chi connectivity index (χ4n) is 3.38. The van der Waals surface area contributed by atoms with Gasteiger partial charge in [0.1, 0.15) is 0 Å². The number of nitrogens with one attached hydrogen (secondary N) is 1. The van der Waals surface area contributed by atoms with Gasteiger partial charge < -0.3 is 10.2 Å². The van der Waals surface area contributed by atoms with Gasteiger partial charge in [-0.3, -0.25) is 9.69 Å². The molecule has 5 heteroatoms. The van der Waals surface area contributed by atoms with Gasteiger partial charge in [-0.25, -0.2) is 4.79 Å². The summed E-state index contributed by atoms with van der Waals surface area (Å²) in [7, 11) is 0. The van der Waals surface area contributed by atoms with Crippen LogP contribution in [-0.4, -0.2) is 36.5 Å². The molecule has 0 radical (unpaired) electrons. The molecule has 0 aliphatic carbocycles. The fourth-order valence-corrected chi connectivity index (χ4v) is 3.38. The number of benzene rings is 2. The van der Waals surface area contributed by atoms with E-state index in [9.17, 15) is 9.59 Å². The molecule has 0 bridgehead atoms. The fraction of sp³-hybridized carbons (Fsp3) is 0.263. The molecule has 4 rings (SSSR count). The van der Waals surface area contributed by atoms with Crippen LogP contribution >= 0.6 is 0 Å². The molecule has 0 spiro atoms. The second-order valence-corrected chi connectivity index (χ2v) is 6.18. The molecule has 2 aromatic rings. The van der Waals surface area contributed by atoms with Crippen molar-refractivity contribution in [3.05, 3.63) is 65.2 Å². The van der Waals surface area contributed by atoms with Gasteiger partial charge >= 0.3 is 6.03 Å². The van der Waals surface area contributed by atoms with E-state index < -0.39 is 0 Å². The average molecular weight is 321 g/mol. The van der Waals surface area contributed by atoms with Crippen molar-refractivity contribution < 1.29 is 9.59 Å². The van der Waals surface area contributed by atoms with Crippen molar-refractivity contribution in [3.63, 3.8) is 0 Å². The molecule has 2 aliphatic heterocycles. The Balaban J connectivity index is 1.56. The third kappa shape index (κ3) is 2.62. The SMILES string of the molecule is O=C(c1cccc(N2CCNC2=O)c1)N1CCc2ccccc2C1. The number of carbonyl (C=O) groups is 2. The highest BCUT2D eigenvalue weighted by atomic mass is 16.2. The molecule has 122 valence electrons. The number of hydrogen-bond donors (Lipinski definition) is 1. The van der Waals surface area contributed by atoms with Crippen molar-refractivity contribution >= 4 is 17.6 Å². The maximum absolute atomic E-state index is 12.9. The number of rotatable bonds is 2. The standard InChI is InChI=1S/C19H19N3O2/c23-18(21-10-8-14-4-1-2-5-16(14)13-21)15-6-3-7-17(12-15)22-11-9-20-19(22)24/h1-7,12H,8-11,13H2,(H,20,24). The monoisotopic (exact) mass is 321 g/mol. The smallest absolute Gasteiger partial charge is 0.321 e. The third-order valence-corrected chi connectivity index (χ3v) is 4.68. The largest absolute Gasteiger partial charge is 0.336 e. The maximum Gasteiger partial charge on any atom is 0.321 e. The number of fused-ring (bicyclic) bond motifs is 1. The highest BCUT2D eigenvalue weighted by Crippen LogP contribution is 2.23. The Hall–Kier alpha value is -2.82. The summed E-state index contributed by atoms with van der Waals surface area (Å²) in [6, 6.07) is 15.5. The van der Waals surface area contributed by atoms with Crippen molar-refractivity contribution in [2.75, 3.05) is 24.5 Å². The first-order valence-electron chi connectivity index (χ1n) is 8.24. The lowest BCUT2D eigenvalue weighted by Gasteiger charge is -2.29. The minimum atomic E-state index is -0.105. The maximum atomic E-state index is 12.9. The van der Waals surface area contributed by atoms with E-state index in [4.69, 9.17) is 0 Å². The van der Waals surface area contributed by atoms with Gasteiger partial charge in [0.15, 0.2) is 0 Å². The minimum absolute atomic E-state index is 0.0194. The van der Waals surface area contributed by atoms with E-state index in [0.29, 0.717) is 25.2 Å². The van der Waals surface area contributed by atoms with E-state index in [2.05, 4.69) is 17.4 Å². The third-order valence-electron chi connectivity index (χ3n) is 4.68. The van der Waals surface area contributed by atoms with Gasteiger partial charge in [0, 0.05) is 37.4 Å². The summed E-state index contributed by atoms with van der Waals surface area (Å²) >= 11 is 0. The predicted molar refractivity (Wildman–Crippen MR) is 92.1 cm³/mol. The Kier molecular flexibility index (Phi) is 3.69. The topological polar surface area (TPSA) is 52.7 Å². The molecule has 1 N–H and O–H groups in total. The first kappa shape index (κ1) is 14.8. The molecule has 0 aromatic heterocycles. The van der Waals surface area contributed by atoms with Crippen LogP contribution in [0.25, 0.3) is 0 Å². The van der Waals surface area contributed by atoms with Crippen LogP contribution in [0.2, 0.25) is 0 Å². The van der Waals surface area contributed by atoms with Gasteiger partial charge in [0.2, 0.25) is 0 Å². The normalized spacial score (nSPS) is 16.8. The van der Waals surface area contributed by atoms with Gasteiger partial charge in [-0.15, -0.1) is 0 Å². The molecule has 5 nitrogen and oxygen atoms in total. The van der Waals surface area contributed by atoms with E-state index in [1.165, 1.54) is 11.1 Å². The van der Waals surface area contributed by atoms with Crippen LogP contribution in [0.5, 0.6) is 0 Å². The van der Waals surface area contributed by atoms with E-state index in [-0.39, 0.29) is 11.9 Å². The van der Waals surface area contributed by atoms with Gasteiger partial charge in [-0.05, 0) is 35.7 Å². The molecule has 1 fully saturated rings. The number of nitrogens with zero attached hydrogens (tertiary/aromatic N) is 2. The Bertz CT molecular complexity index is 803. The molecule has 0 atom stereocenters. The molecule has 3 amide bonds. The number of urea groups is 1. The first-order chi connectivity index (χ1) is 11.7. The molecule has 2 aliphatic rings. The van der Waals surface area contributed by atoms with Crippen molar-refractivity contribution in [3.8, 4) is 0 Å². The zero-order chi connectivity index (χ0) is 16.5. The minimum Gasteiger partial charge on any atom is -0.336 e. The van der Waals surface area contributed by atoms with E-state index >= 15 is 0 Å². The molecule has 0 unspecified atom stereocenters. The second-order valence-electron chi connectivity index (χ2n) is 6.18. The van der Waals surface area contributed by atoms with Gasteiger partial charge in [-0.1, -0.05) is 30.3 Å². The highest BCUT2D eigenvalue weighted by Gasteiger charge is 2.24. The van der Waals surface area contributed by atoms with E-state index in [0.717, 1.165) is 18.7 Å². The Labute approximate surface area is 140 Å². The molecule has 2 heterocycles. The zero-order valence-corrected chi connectivity index (χ0v) is 13.4. The molecular formula is C19H19N3O2. The summed E-state index contributed by atoms with van der Waals surface area (Å²) in [5, 5.41) is 2.78. The van der Waals surface area contributed by atoms with Crippen LogP contribution in [0.15, 0.2) is 48.5 Å². The zero-order valence-electron chi connectivity index (χ0n) is 13.4. The molecule has 2 aromatic carbocycles. The summed E-state index contributed by atoms with van der Waals surface area (Å²) < 4.78 is 0. The van der Waals surface area contributed by atoms with Crippen LogP contribution in [0.4, 0.5) is 10.5 Å². The van der Waals surface area contributed by atoms with Crippen LogP contribution < -0.4 is 10.2 Å². The van der Waals surface area contributed by atoms with Gasteiger partial charge in [0.25, 0.3) is 5.91 Å². The number of anilines is 1. The molecular weight excluding hydrogens is 302 g/mol. The summed E-state index contributed by atoms with van der Waals surface area (Å²) in [6.45, 7) is 2.64. The van der Waals surface area contributed by atoms with Crippen LogP contribution in [0.1, 0.15) is 21.5 Å². The number of amides is 3. The second kappa shape index (κ2) is 6.00. The molecule has 1 saturated heterocycles. The summed E-state index contributed by atoms with van der Waals surface area (Å²) in [6.07, 6.45) is 0.885. The first-order valence-corrected chi connectivity index (χ1v) is 8.24. The predicted octanol–water partition coefficient (Wildman–Crippen LogP) is 2.41. The summed E-state index contributed by atoms with van der Waals surface area (Å²) in [5.41, 5.74) is 3.94. The summed E-state index contributed by atoms with van der Waals surface area (Å²) in [5.74, 6) is 0.0194. The van der Waals surface area contributed by atoms with E-state index in [1.54, 1.807) is 4.90 Å². The number of hydrogen-bond acceptors (Lipinski definition) is 2. The number of carbonyl (C=O) groups excluding carboxylic acids is 2. The van der Waals surface area contributed by atoms with Crippen LogP contribution in [0.3, 0.4) is 0 Å². The van der Waals surface area contributed by atoms with Gasteiger partial charge in [-0.2, -0.15) is 0 Å². The molecule has 0 saturated carbocycles. The Morgan fingerprint density at radius 2 is 1.83 bits per heavy atom. The van der Waals surface area contributed by atoms with Gasteiger partial charge in [0.05, 0.1) is 0 Å². The van der Waals surface area contributed by atoms with E-state index in [1.807, 2.05) is 41.3 Å². The Morgan fingerprint density at radius 3 is 2.62 bits per heavy atom. The van der Waals surface area contributed by atoms with Crippen molar-refractivity contribution in [1.29, 1.82) is 0 Å². The highest BCUT2D eigenvalue weighted by molar-refractivity contribution is 5.98. The van der Waals surface area contributed by atoms with Crippen molar-refractivity contribution in [1.82, 2.24) is 10.2 Å². The van der Waals surface area contributed by atoms with Crippen molar-refractivity contribution in [2.45, 2.75) is 13.0 Å². The molecule has 24 heavy (non-hydrogen) atoms. The quantitative estimate of drug-likeness (QED) is 0.923. The lowest BCUT2D eigenvalue weighted by atomic mass is 9.99. The van der Waals surface area contributed by atoms with Crippen LogP contribution in [0, 0.1) is 0 Å². The summed E-state index contributed by atoms with van der Waals surface area (Å²) in [4.78, 5) is 28.2. The lowest BCUT2D eigenvalue weighted by molar-refractivity contribution is 0.0734.